The molecule has 0 unspecified atom stereocenters. The van der Waals surface area contributed by atoms with E-state index in [2.05, 4.69) is 10.1 Å². The number of rotatable bonds is 5. The van der Waals surface area contributed by atoms with E-state index in [0.29, 0.717) is 6.54 Å². The second-order valence-corrected chi connectivity index (χ2v) is 3.38. The fraction of sp³-hybridized carbons (Fsp3) is 0.364. The van der Waals surface area contributed by atoms with Crippen molar-refractivity contribution < 1.29 is 14.5 Å². The highest BCUT2D eigenvalue weighted by molar-refractivity contribution is 5.98. The van der Waals surface area contributed by atoms with Crippen molar-refractivity contribution in [1.29, 1.82) is 0 Å². The lowest BCUT2D eigenvalue weighted by molar-refractivity contribution is -0.384. The lowest BCUT2D eigenvalue weighted by Gasteiger charge is -2.10. The molecular weight excluding hydrogens is 224 g/mol. The first kappa shape index (κ1) is 13.0. The van der Waals surface area contributed by atoms with Crippen LogP contribution in [0.15, 0.2) is 18.2 Å². The summed E-state index contributed by atoms with van der Waals surface area (Å²) in [4.78, 5) is 21.8. The van der Waals surface area contributed by atoms with Gasteiger partial charge in [0.1, 0.15) is 5.69 Å². The number of methoxy groups -OCH3 is 1. The second kappa shape index (κ2) is 5.83. The molecule has 6 nitrogen and oxygen atoms in total. The molecule has 0 bridgehead atoms. The van der Waals surface area contributed by atoms with E-state index < -0.39 is 10.9 Å². The van der Waals surface area contributed by atoms with Crippen LogP contribution in [-0.2, 0) is 4.74 Å². The number of nitrogens with one attached hydrogen (secondary N) is 1. The van der Waals surface area contributed by atoms with Gasteiger partial charge in [-0.15, -0.1) is 0 Å². The monoisotopic (exact) mass is 238 g/mol. The van der Waals surface area contributed by atoms with Crippen LogP contribution in [0.4, 0.5) is 11.4 Å². The normalized spacial score (nSPS) is 9.76. The summed E-state index contributed by atoms with van der Waals surface area (Å²) in [5, 5.41) is 13.7. The molecule has 0 saturated carbocycles. The van der Waals surface area contributed by atoms with Gasteiger partial charge in [0.25, 0.3) is 5.69 Å². The Morgan fingerprint density at radius 3 is 2.76 bits per heavy atom. The van der Waals surface area contributed by atoms with E-state index in [0.717, 1.165) is 6.42 Å². The van der Waals surface area contributed by atoms with Crippen LogP contribution in [0.3, 0.4) is 0 Å². The van der Waals surface area contributed by atoms with Crippen molar-refractivity contribution in [3.63, 3.8) is 0 Å². The Bertz CT molecular complexity index is 431. The predicted octanol–water partition coefficient (Wildman–Crippen LogP) is 2.20. The molecule has 1 rings (SSSR count). The third-order valence-corrected chi connectivity index (χ3v) is 2.20. The van der Waals surface area contributed by atoms with Crippen LogP contribution in [-0.4, -0.2) is 24.5 Å². The van der Waals surface area contributed by atoms with Gasteiger partial charge in [-0.25, -0.2) is 4.79 Å². The van der Waals surface area contributed by atoms with Crippen LogP contribution in [0.1, 0.15) is 23.7 Å². The molecule has 0 spiro atoms. The third-order valence-electron chi connectivity index (χ3n) is 2.20. The summed E-state index contributed by atoms with van der Waals surface area (Å²) in [5.74, 6) is -0.590. The number of ether oxygens (including phenoxy) is 1. The number of benzene rings is 1. The number of anilines is 1. The van der Waals surface area contributed by atoms with E-state index in [4.69, 9.17) is 0 Å². The van der Waals surface area contributed by atoms with Gasteiger partial charge in [0, 0.05) is 12.6 Å². The lowest BCUT2D eigenvalue weighted by atomic mass is 10.1. The van der Waals surface area contributed by atoms with E-state index in [-0.39, 0.29) is 16.9 Å². The highest BCUT2D eigenvalue weighted by atomic mass is 16.6. The van der Waals surface area contributed by atoms with E-state index >= 15 is 0 Å². The fourth-order valence-electron chi connectivity index (χ4n) is 1.41. The van der Waals surface area contributed by atoms with Crippen LogP contribution in [0.2, 0.25) is 0 Å². The summed E-state index contributed by atoms with van der Waals surface area (Å²) in [5.41, 5.74) is 0.266. The number of hydrogen-bond donors (Lipinski definition) is 1. The molecule has 0 radical (unpaired) electrons. The summed E-state index contributed by atoms with van der Waals surface area (Å²) in [7, 11) is 1.24. The molecule has 6 heteroatoms. The Hall–Kier alpha value is -2.11. The van der Waals surface area contributed by atoms with E-state index in [1.54, 1.807) is 0 Å². The minimum atomic E-state index is -0.590. The topological polar surface area (TPSA) is 81.5 Å². The zero-order valence-corrected chi connectivity index (χ0v) is 9.73. The Labute approximate surface area is 98.7 Å². The predicted molar refractivity (Wildman–Crippen MR) is 63.2 cm³/mol. The molecule has 0 fully saturated rings. The number of nitro benzene ring substituents is 1. The van der Waals surface area contributed by atoms with Crippen molar-refractivity contribution in [3.05, 3.63) is 33.9 Å². The summed E-state index contributed by atoms with van der Waals surface area (Å²) < 4.78 is 4.59. The van der Waals surface area contributed by atoms with Gasteiger partial charge in [0.2, 0.25) is 0 Å². The summed E-state index contributed by atoms with van der Waals surface area (Å²) in [6.07, 6.45) is 0.798. The first-order chi connectivity index (χ1) is 8.11. The zero-order valence-electron chi connectivity index (χ0n) is 9.73. The Morgan fingerprint density at radius 2 is 2.24 bits per heavy atom. The molecule has 1 N–H and O–H groups in total. The third kappa shape index (κ3) is 2.93. The van der Waals surface area contributed by atoms with Gasteiger partial charge in [0.05, 0.1) is 17.6 Å². The van der Waals surface area contributed by atoms with Gasteiger partial charge in [0.15, 0.2) is 0 Å². The maximum Gasteiger partial charge on any atom is 0.340 e. The molecule has 0 heterocycles. The molecule has 0 saturated heterocycles. The van der Waals surface area contributed by atoms with Gasteiger partial charge in [-0.1, -0.05) is 13.0 Å². The largest absolute Gasteiger partial charge is 0.465 e. The van der Waals surface area contributed by atoms with E-state index in [1.807, 2.05) is 6.92 Å². The Morgan fingerprint density at radius 1 is 1.53 bits per heavy atom. The highest BCUT2D eigenvalue weighted by Gasteiger charge is 2.21. The van der Waals surface area contributed by atoms with Gasteiger partial charge >= 0.3 is 5.97 Å². The Kier molecular flexibility index (Phi) is 4.45. The van der Waals surface area contributed by atoms with Crippen molar-refractivity contribution >= 4 is 17.3 Å². The van der Waals surface area contributed by atoms with Crippen LogP contribution in [0.25, 0.3) is 0 Å². The standard InChI is InChI=1S/C11H14N2O4/c1-3-7-12-10-8(11(14)17-2)5-4-6-9(10)13(15)16/h4-6,12H,3,7H2,1-2H3. The Balaban J connectivity index is 3.23. The van der Waals surface area contributed by atoms with Gasteiger partial charge in [-0.05, 0) is 12.5 Å². The quantitative estimate of drug-likeness (QED) is 0.483. The van der Waals surface area contributed by atoms with Crippen molar-refractivity contribution in [2.24, 2.45) is 0 Å². The number of nitrogens with zero attached hydrogens (tertiary/aromatic N) is 1. The molecule has 1 aromatic carbocycles. The number of carbonyl (C=O) groups excluding carboxylic acids is 1. The van der Waals surface area contributed by atoms with E-state index in [1.165, 1.54) is 25.3 Å². The van der Waals surface area contributed by atoms with Gasteiger partial charge < -0.3 is 10.1 Å². The summed E-state index contributed by atoms with van der Waals surface area (Å²) in [6, 6.07) is 4.31. The molecule has 0 aliphatic rings. The van der Waals surface area contributed by atoms with Crippen LogP contribution in [0, 0.1) is 10.1 Å². The van der Waals surface area contributed by atoms with Crippen molar-refractivity contribution in [3.8, 4) is 0 Å². The van der Waals surface area contributed by atoms with Crippen molar-refractivity contribution in [2.75, 3.05) is 19.0 Å². The molecule has 92 valence electrons. The minimum Gasteiger partial charge on any atom is -0.465 e. The first-order valence-electron chi connectivity index (χ1n) is 5.21. The molecule has 0 amide bonds. The molecule has 0 aliphatic heterocycles. The lowest BCUT2D eigenvalue weighted by Crippen LogP contribution is -2.11. The summed E-state index contributed by atoms with van der Waals surface area (Å²) in [6.45, 7) is 2.48. The van der Waals surface area contributed by atoms with Gasteiger partial charge in [-0.2, -0.15) is 0 Å². The number of nitro groups is 1. The smallest absolute Gasteiger partial charge is 0.340 e. The number of para-hydroxylation sites is 1. The van der Waals surface area contributed by atoms with Crippen LogP contribution in [0.5, 0.6) is 0 Å². The molecule has 1 aromatic rings. The minimum absolute atomic E-state index is 0.124. The number of esters is 1. The molecule has 17 heavy (non-hydrogen) atoms. The molecule has 0 atom stereocenters. The van der Waals surface area contributed by atoms with Crippen molar-refractivity contribution in [2.45, 2.75) is 13.3 Å². The molecular formula is C11H14N2O4. The van der Waals surface area contributed by atoms with Crippen LogP contribution >= 0.6 is 0 Å². The first-order valence-corrected chi connectivity index (χ1v) is 5.21. The number of carbonyl (C=O) groups is 1. The second-order valence-electron chi connectivity index (χ2n) is 3.38. The summed E-state index contributed by atoms with van der Waals surface area (Å²) >= 11 is 0. The van der Waals surface area contributed by atoms with Crippen LogP contribution < -0.4 is 5.32 Å². The average Bonchev–Trinajstić information content (AvgIpc) is 2.34. The maximum absolute atomic E-state index is 11.5. The fourth-order valence-corrected chi connectivity index (χ4v) is 1.41. The highest BCUT2D eigenvalue weighted by Crippen LogP contribution is 2.28. The zero-order chi connectivity index (χ0) is 12.8. The van der Waals surface area contributed by atoms with Gasteiger partial charge in [-0.3, -0.25) is 10.1 Å². The average molecular weight is 238 g/mol. The van der Waals surface area contributed by atoms with Crippen molar-refractivity contribution in [1.82, 2.24) is 0 Å². The molecule has 0 aliphatic carbocycles. The van der Waals surface area contributed by atoms with E-state index in [9.17, 15) is 14.9 Å². The number of hydrogen-bond acceptors (Lipinski definition) is 5. The maximum atomic E-state index is 11.5. The SMILES string of the molecule is CCCNc1c(C(=O)OC)cccc1[N+](=O)[O-]. The molecule has 0 aromatic heterocycles.